The number of fused-ring (bicyclic) bond motifs is 7. The Labute approximate surface area is 113 Å². The van der Waals surface area contributed by atoms with E-state index in [1.165, 1.54) is 19.3 Å². The second-order valence-corrected chi connectivity index (χ2v) is 6.84. The topological polar surface area (TPSA) is 43.4 Å². The van der Waals surface area contributed by atoms with Crippen molar-refractivity contribution < 1.29 is 14.3 Å². The zero-order valence-electron chi connectivity index (χ0n) is 11.1. The zero-order valence-corrected chi connectivity index (χ0v) is 11.1. The van der Waals surface area contributed by atoms with E-state index in [4.69, 9.17) is 0 Å². The van der Waals surface area contributed by atoms with Crippen LogP contribution in [0.3, 0.4) is 0 Å². The zero-order chi connectivity index (χ0) is 13.0. The van der Waals surface area contributed by atoms with Gasteiger partial charge in [0, 0.05) is 0 Å². The fourth-order valence-corrected chi connectivity index (χ4v) is 4.92. The molecule has 6 unspecified atom stereocenters. The number of carbonyl (C=O) groups is 2. The Morgan fingerprint density at radius 1 is 0.789 bits per heavy atom. The van der Waals surface area contributed by atoms with Gasteiger partial charge in [-0.15, -0.1) is 0 Å². The molecule has 1 heterocycles. The lowest BCUT2D eigenvalue weighted by Gasteiger charge is -2.17. The predicted octanol–water partition coefficient (Wildman–Crippen LogP) is 2.70. The first-order valence-corrected chi connectivity index (χ1v) is 7.66. The lowest BCUT2D eigenvalue weighted by molar-refractivity contribution is -0.154. The van der Waals surface area contributed by atoms with Crippen molar-refractivity contribution in [3.05, 3.63) is 12.2 Å². The minimum atomic E-state index is -0.253. The van der Waals surface area contributed by atoms with Crippen LogP contribution in [0.5, 0.6) is 0 Å². The first-order chi connectivity index (χ1) is 9.22. The van der Waals surface area contributed by atoms with E-state index in [1.807, 2.05) is 0 Å². The highest BCUT2D eigenvalue weighted by Crippen LogP contribution is 2.55. The van der Waals surface area contributed by atoms with Gasteiger partial charge in [0.1, 0.15) is 0 Å². The van der Waals surface area contributed by atoms with Crippen LogP contribution in [0.25, 0.3) is 0 Å². The molecule has 1 saturated heterocycles. The Balaban J connectivity index is 0.000000117. The Bertz CT molecular complexity index is 415. The molecular formula is C16H20O3. The van der Waals surface area contributed by atoms with Crippen LogP contribution < -0.4 is 0 Å². The molecule has 0 aromatic rings. The average molecular weight is 260 g/mol. The number of rotatable bonds is 0. The van der Waals surface area contributed by atoms with E-state index in [0.717, 1.165) is 31.1 Å². The van der Waals surface area contributed by atoms with Crippen molar-refractivity contribution in [3.63, 3.8) is 0 Å². The number of carbonyl (C=O) groups excluding carboxylic acids is 2. The number of allylic oxidation sites excluding steroid dienone is 2. The summed E-state index contributed by atoms with van der Waals surface area (Å²) in [5.74, 6) is 2.27. The maximum Gasteiger partial charge on any atom is 0.317 e. The first-order valence-electron chi connectivity index (χ1n) is 7.66. The van der Waals surface area contributed by atoms with Crippen molar-refractivity contribution in [1.29, 1.82) is 0 Å². The third-order valence-electron chi connectivity index (χ3n) is 5.83. The molecule has 0 aromatic carbocycles. The van der Waals surface area contributed by atoms with Gasteiger partial charge in [0.15, 0.2) is 0 Å². The summed E-state index contributed by atoms with van der Waals surface area (Å²) in [6, 6.07) is 0. The van der Waals surface area contributed by atoms with Gasteiger partial charge in [0.05, 0.1) is 11.8 Å². The van der Waals surface area contributed by atoms with Gasteiger partial charge >= 0.3 is 11.9 Å². The van der Waals surface area contributed by atoms with Gasteiger partial charge in [0.25, 0.3) is 0 Å². The molecule has 4 aliphatic carbocycles. The molecule has 0 spiro atoms. The number of hydrogen-bond acceptors (Lipinski definition) is 3. The van der Waals surface area contributed by atoms with Gasteiger partial charge in [-0.3, -0.25) is 9.59 Å². The van der Waals surface area contributed by atoms with Gasteiger partial charge in [-0.05, 0) is 62.2 Å². The largest absolute Gasteiger partial charge is 0.393 e. The summed E-state index contributed by atoms with van der Waals surface area (Å²) >= 11 is 0. The fraction of sp³-hybridized carbons (Fsp3) is 0.750. The number of cyclic esters (lactones) is 2. The molecule has 0 aromatic heterocycles. The normalized spacial score (nSPS) is 48.2. The molecule has 3 nitrogen and oxygen atoms in total. The molecule has 3 heteroatoms. The van der Waals surface area contributed by atoms with Gasteiger partial charge < -0.3 is 4.74 Å². The van der Waals surface area contributed by atoms with Crippen LogP contribution >= 0.6 is 0 Å². The molecule has 19 heavy (non-hydrogen) atoms. The summed E-state index contributed by atoms with van der Waals surface area (Å²) in [5, 5.41) is 0. The molecule has 4 fully saturated rings. The van der Waals surface area contributed by atoms with Crippen molar-refractivity contribution in [3.8, 4) is 0 Å². The standard InChI is InChI=1S/C9H10O3.C7H10/c10-8-6-4-1-2-5(3-4)7(6)9(11)12-8;1-2-7-4-3-6(1)5-7/h4-7H,1-3H2;1-2,6-7H,3-5H2. The smallest absolute Gasteiger partial charge is 0.317 e. The maximum absolute atomic E-state index is 11.2. The van der Waals surface area contributed by atoms with Crippen LogP contribution in [0.4, 0.5) is 0 Å². The predicted molar refractivity (Wildman–Crippen MR) is 68.9 cm³/mol. The number of ether oxygens (including phenoxy) is 1. The first kappa shape index (κ1) is 11.7. The molecule has 0 N–H and O–H groups in total. The molecule has 4 bridgehead atoms. The van der Waals surface area contributed by atoms with Crippen LogP contribution in [0, 0.1) is 35.5 Å². The van der Waals surface area contributed by atoms with E-state index in [-0.39, 0.29) is 23.8 Å². The van der Waals surface area contributed by atoms with Crippen LogP contribution in [-0.2, 0) is 14.3 Å². The third kappa shape index (κ3) is 1.78. The van der Waals surface area contributed by atoms with E-state index in [2.05, 4.69) is 16.9 Å². The lowest BCUT2D eigenvalue weighted by Crippen LogP contribution is -2.24. The molecule has 102 valence electrons. The quantitative estimate of drug-likeness (QED) is 0.382. The van der Waals surface area contributed by atoms with Crippen molar-refractivity contribution in [2.75, 3.05) is 0 Å². The Morgan fingerprint density at radius 2 is 1.32 bits per heavy atom. The Hall–Kier alpha value is -1.12. The van der Waals surface area contributed by atoms with E-state index >= 15 is 0 Å². The summed E-state index contributed by atoms with van der Waals surface area (Å²) in [6.45, 7) is 0. The molecule has 5 rings (SSSR count). The van der Waals surface area contributed by atoms with E-state index in [0.29, 0.717) is 11.8 Å². The Morgan fingerprint density at radius 3 is 1.68 bits per heavy atom. The summed E-state index contributed by atoms with van der Waals surface area (Å²) in [4.78, 5) is 22.4. The molecule has 1 aliphatic heterocycles. The summed E-state index contributed by atoms with van der Waals surface area (Å²) < 4.78 is 4.63. The third-order valence-corrected chi connectivity index (χ3v) is 5.83. The van der Waals surface area contributed by atoms with Crippen molar-refractivity contribution in [1.82, 2.24) is 0 Å². The van der Waals surface area contributed by atoms with Crippen LogP contribution in [0.2, 0.25) is 0 Å². The van der Waals surface area contributed by atoms with Gasteiger partial charge in [-0.1, -0.05) is 12.2 Å². The Kier molecular flexibility index (Phi) is 2.58. The second-order valence-electron chi connectivity index (χ2n) is 6.84. The van der Waals surface area contributed by atoms with Crippen molar-refractivity contribution >= 4 is 11.9 Å². The summed E-state index contributed by atoms with van der Waals surface area (Å²) in [5.41, 5.74) is 0. The van der Waals surface area contributed by atoms with Gasteiger partial charge in [-0.25, -0.2) is 0 Å². The van der Waals surface area contributed by atoms with Crippen molar-refractivity contribution in [2.45, 2.75) is 38.5 Å². The molecule has 3 saturated carbocycles. The molecular weight excluding hydrogens is 240 g/mol. The number of hydrogen-bond donors (Lipinski definition) is 0. The SMILES string of the molecule is C1=CC2CCC1C2.O=C1OC(=O)C2C3CCC(C3)C12. The lowest BCUT2D eigenvalue weighted by atomic mass is 9.81. The number of esters is 2. The van der Waals surface area contributed by atoms with E-state index < -0.39 is 0 Å². The second kappa shape index (κ2) is 4.19. The van der Waals surface area contributed by atoms with E-state index in [1.54, 1.807) is 0 Å². The monoisotopic (exact) mass is 260 g/mol. The minimum absolute atomic E-state index is 0.0590. The van der Waals surface area contributed by atoms with Crippen molar-refractivity contribution in [2.24, 2.45) is 35.5 Å². The maximum atomic E-state index is 11.2. The van der Waals surface area contributed by atoms with Crippen LogP contribution in [0.1, 0.15) is 38.5 Å². The summed E-state index contributed by atoms with van der Waals surface area (Å²) in [6.07, 6.45) is 12.5. The highest BCUT2D eigenvalue weighted by atomic mass is 16.6. The molecule has 6 atom stereocenters. The van der Waals surface area contributed by atoms with Crippen LogP contribution in [0.15, 0.2) is 12.2 Å². The molecule has 5 aliphatic rings. The van der Waals surface area contributed by atoms with Gasteiger partial charge in [0.2, 0.25) is 0 Å². The van der Waals surface area contributed by atoms with E-state index in [9.17, 15) is 9.59 Å². The highest BCUT2D eigenvalue weighted by Gasteiger charge is 2.59. The molecule has 0 radical (unpaired) electrons. The average Bonchev–Trinajstić information content (AvgIpc) is 3.16. The molecule has 0 amide bonds. The fourth-order valence-electron chi connectivity index (χ4n) is 4.92. The van der Waals surface area contributed by atoms with Crippen LogP contribution in [-0.4, -0.2) is 11.9 Å². The summed E-state index contributed by atoms with van der Waals surface area (Å²) in [7, 11) is 0. The minimum Gasteiger partial charge on any atom is -0.393 e. The highest BCUT2D eigenvalue weighted by molar-refractivity contribution is 5.97. The van der Waals surface area contributed by atoms with Gasteiger partial charge in [-0.2, -0.15) is 0 Å².